The summed E-state index contributed by atoms with van der Waals surface area (Å²) in [6.07, 6.45) is 5.44. The molecule has 7 heteroatoms. The fourth-order valence-electron chi connectivity index (χ4n) is 2.18. The van der Waals surface area contributed by atoms with E-state index in [4.69, 9.17) is 10.9 Å². The molecule has 1 aliphatic heterocycles. The van der Waals surface area contributed by atoms with Crippen molar-refractivity contribution < 1.29 is 5.21 Å². The summed E-state index contributed by atoms with van der Waals surface area (Å²) in [5.74, 6) is 1.91. The van der Waals surface area contributed by atoms with Crippen molar-refractivity contribution in [2.45, 2.75) is 13.1 Å². The lowest BCUT2D eigenvalue weighted by Crippen LogP contribution is -2.34. The molecular formula is C12H14N6O. The van der Waals surface area contributed by atoms with E-state index >= 15 is 0 Å². The number of fused-ring (bicyclic) bond motifs is 1. The molecule has 0 fully saturated rings. The Kier molecular flexibility index (Phi) is 2.79. The third-order valence-corrected chi connectivity index (χ3v) is 3.22. The first-order valence-electron chi connectivity index (χ1n) is 5.97. The number of rotatable bonds is 2. The molecule has 0 saturated carbocycles. The Bertz CT molecular complexity index is 620. The van der Waals surface area contributed by atoms with Crippen LogP contribution in [0.2, 0.25) is 0 Å². The van der Waals surface area contributed by atoms with Gasteiger partial charge in [0.1, 0.15) is 11.6 Å². The van der Waals surface area contributed by atoms with E-state index in [-0.39, 0.29) is 5.84 Å². The van der Waals surface area contributed by atoms with Crippen LogP contribution in [0.3, 0.4) is 0 Å². The van der Waals surface area contributed by atoms with E-state index in [0.717, 1.165) is 24.7 Å². The molecule has 0 saturated heterocycles. The Hall–Kier alpha value is -2.57. The molecule has 1 aliphatic rings. The number of oxime groups is 1. The van der Waals surface area contributed by atoms with Crippen molar-refractivity contribution in [3.8, 4) is 0 Å². The highest BCUT2D eigenvalue weighted by Crippen LogP contribution is 2.18. The van der Waals surface area contributed by atoms with Gasteiger partial charge in [-0.3, -0.25) is 0 Å². The molecule has 98 valence electrons. The molecule has 2 aromatic heterocycles. The number of hydrogen-bond donors (Lipinski definition) is 2. The predicted octanol–water partition coefficient (Wildman–Crippen LogP) is 0.393. The second-order valence-corrected chi connectivity index (χ2v) is 4.35. The molecule has 0 unspecified atom stereocenters. The third kappa shape index (κ3) is 2.10. The van der Waals surface area contributed by atoms with Crippen LogP contribution in [0.25, 0.3) is 0 Å². The van der Waals surface area contributed by atoms with Crippen LogP contribution in [-0.4, -0.2) is 32.1 Å². The van der Waals surface area contributed by atoms with Crippen LogP contribution in [0.4, 0.5) is 5.82 Å². The van der Waals surface area contributed by atoms with E-state index < -0.39 is 0 Å². The van der Waals surface area contributed by atoms with Gasteiger partial charge in [0, 0.05) is 37.2 Å². The standard InChI is InChI=1S/C12H14N6O/c13-12(16-19)9-1-2-14-10(7-9)18-6-5-17-4-3-15-11(17)8-18/h1-4,7,19H,5-6,8H2,(H2,13,16). The number of hydrogen-bond acceptors (Lipinski definition) is 5. The van der Waals surface area contributed by atoms with Crippen LogP contribution in [-0.2, 0) is 13.1 Å². The molecule has 19 heavy (non-hydrogen) atoms. The van der Waals surface area contributed by atoms with Crippen molar-refractivity contribution in [1.29, 1.82) is 0 Å². The number of amidine groups is 1. The minimum Gasteiger partial charge on any atom is -0.409 e. The largest absolute Gasteiger partial charge is 0.409 e. The zero-order chi connectivity index (χ0) is 13.2. The Morgan fingerprint density at radius 1 is 1.32 bits per heavy atom. The van der Waals surface area contributed by atoms with Crippen molar-refractivity contribution in [3.05, 3.63) is 42.1 Å². The van der Waals surface area contributed by atoms with Crippen LogP contribution in [0, 0.1) is 0 Å². The summed E-state index contributed by atoms with van der Waals surface area (Å²) in [5, 5.41) is 11.7. The van der Waals surface area contributed by atoms with Crippen molar-refractivity contribution >= 4 is 11.7 Å². The van der Waals surface area contributed by atoms with Crippen LogP contribution < -0.4 is 10.6 Å². The molecule has 3 heterocycles. The van der Waals surface area contributed by atoms with Gasteiger partial charge in [-0.25, -0.2) is 9.97 Å². The van der Waals surface area contributed by atoms with Gasteiger partial charge >= 0.3 is 0 Å². The molecule has 2 aromatic rings. The van der Waals surface area contributed by atoms with Gasteiger partial charge in [-0.15, -0.1) is 0 Å². The number of imidazole rings is 1. The number of pyridine rings is 1. The van der Waals surface area contributed by atoms with Crippen molar-refractivity contribution in [1.82, 2.24) is 14.5 Å². The monoisotopic (exact) mass is 258 g/mol. The van der Waals surface area contributed by atoms with Gasteiger partial charge < -0.3 is 20.4 Å². The first-order valence-corrected chi connectivity index (χ1v) is 5.97. The molecule has 0 amide bonds. The van der Waals surface area contributed by atoms with Crippen LogP contribution in [0.1, 0.15) is 11.4 Å². The maximum Gasteiger partial charge on any atom is 0.170 e. The van der Waals surface area contributed by atoms with Gasteiger partial charge in [-0.05, 0) is 12.1 Å². The highest BCUT2D eigenvalue weighted by Gasteiger charge is 2.18. The van der Waals surface area contributed by atoms with Crippen molar-refractivity contribution in [2.75, 3.05) is 11.4 Å². The molecule has 3 rings (SSSR count). The Morgan fingerprint density at radius 2 is 2.21 bits per heavy atom. The molecule has 0 aliphatic carbocycles. The highest BCUT2D eigenvalue weighted by atomic mass is 16.4. The van der Waals surface area contributed by atoms with E-state index in [1.165, 1.54) is 0 Å². The number of aromatic nitrogens is 3. The van der Waals surface area contributed by atoms with Crippen LogP contribution >= 0.6 is 0 Å². The third-order valence-electron chi connectivity index (χ3n) is 3.22. The summed E-state index contributed by atoms with van der Waals surface area (Å²) in [6.45, 7) is 2.44. The van der Waals surface area contributed by atoms with Crippen molar-refractivity contribution in [2.24, 2.45) is 10.9 Å². The average molecular weight is 258 g/mol. The lowest BCUT2D eigenvalue weighted by atomic mass is 10.2. The number of nitrogens with two attached hydrogens (primary N) is 1. The van der Waals surface area contributed by atoms with Gasteiger partial charge in [-0.1, -0.05) is 5.16 Å². The van der Waals surface area contributed by atoms with E-state index in [2.05, 4.69) is 24.6 Å². The second kappa shape index (κ2) is 4.60. The summed E-state index contributed by atoms with van der Waals surface area (Å²) in [7, 11) is 0. The lowest BCUT2D eigenvalue weighted by Gasteiger charge is -2.28. The van der Waals surface area contributed by atoms with E-state index in [1.54, 1.807) is 18.5 Å². The highest BCUT2D eigenvalue weighted by molar-refractivity contribution is 5.97. The number of anilines is 1. The van der Waals surface area contributed by atoms with Gasteiger partial charge in [0.25, 0.3) is 0 Å². The van der Waals surface area contributed by atoms with Gasteiger partial charge in [0.05, 0.1) is 6.54 Å². The Labute approximate surface area is 110 Å². The minimum atomic E-state index is 0.0853. The minimum absolute atomic E-state index is 0.0853. The first kappa shape index (κ1) is 11.5. The fraction of sp³-hybridized carbons (Fsp3) is 0.250. The number of nitrogens with zero attached hydrogens (tertiary/aromatic N) is 5. The lowest BCUT2D eigenvalue weighted by molar-refractivity contribution is 0.318. The van der Waals surface area contributed by atoms with Crippen LogP contribution in [0.15, 0.2) is 35.9 Å². The van der Waals surface area contributed by atoms with Crippen LogP contribution in [0.5, 0.6) is 0 Å². The molecule has 0 atom stereocenters. The second-order valence-electron chi connectivity index (χ2n) is 4.35. The zero-order valence-corrected chi connectivity index (χ0v) is 10.3. The molecule has 0 radical (unpaired) electrons. The summed E-state index contributed by atoms with van der Waals surface area (Å²) >= 11 is 0. The molecule has 7 nitrogen and oxygen atoms in total. The maximum absolute atomic E-state index is 8.71. The molecule has 0 bridgehead atoms. The molecular weight excluding hydrogens is 244 g/mol. The SMILES string of the molecule is NC(=NO)c1ccnc(N2CCn3ccnc3C2)c1. The summed E-state index contributed by atoms with van der Waals surface area (Å²) in [4.78, 5) is 10.8. The summed E-state index contributed by atoms with van der Waals surface area (Å²) in [5.41, 5.74) is 6.24. The fourth-order valence-corrected chi connectivity index (χ4v) is 2.18. The normalized spacial score (nSPS) is 15.4. The Morgan fingerprint density at radius 3 is 3.05 bits per heavy atom. The molecule has 0 aromatic carbocycles. The Balaban J connectivity index is 1.88. The summed E-state index contributed by atoms with van der Waals surface area (Å²) in [6, 6.07) is 3.52. The van der Waals surface area contributed by atoms with Gasteiger partial charge in [0.2, 0.25) is 0 Å². The molecule has 0 spiro atoms. The van der Waals surface area contributed by atoms with E-state index in [1.807, 2.05) is 12.3 Å². The van der Waals surface area contributed by atoms with E-state index in [9.17, 15) is 0 Å². The zero-order valence-electron chi connectivity index (χ0n) is 10.3. The first-order chi connectivity index (χ1) is 9.28. The average Bonchev–Trinajstić information content (AvgIpc) is 2.94. The maximum atomic E-state index is 8.71. The predicted molar refractivity (Wildman–Crippen MR) is 70.0 cm³/mol. The summed E-state index contributed by atoms with van der Waals surface area (Å²) < 4.78 is 2.13. The van der Waals surface area contributed by atoms with E-state index in [0.29, 0.717) is 12.1 Å². The van der Waals surface area contributed by atoms with Gasteiger partial charge in [0.15, 0.2) is 5.84 Å². The van der Waals surface area contributed by atoms with Crippen molar-refractivity contribution in [3.63, 3.8) is 0 Å². The van der Waals surface area contributed by atoms with Gasteiger partial charge in [-0.2, -0.15) is 0 Å². The quantitative estimate of drug-likeness (QED) is 0.352. The smallest absolute Gasteiger partial charge is 0.170 e. The topological polar surface area (TPSA) is 92.6 Å². The molecule has 3 N–H and O–H groups in total.